The van der Waals surface area contributed by atoms with Gasteiger partial charge in [0.15, 0.2) is 5.82 Å². The van der Waals surface area contributed by atoms with Crippen LogP contribution < -0.4 is 0 Å². The summed E-state index contributed by atoms with van der Waals surface area (Å²) in [6.07, 6.45) is 0. The number of nitrogens with zero attached hydrogens (tertiary/aromatic N) is 3. The third kappa shape index (κ3) is 6.77. The van der Waals surface area contributed by atoms with Gasteiger partial charge in [0.25, 0.3) is 0 Å². The monoisotopic (exact) mass is 837 g/mol. The average molecular weight is 838 g/mol. The smallest absolute Gasteiger partial charge is 0.160 e. The minimum Gasteiger partial charge on any atom is -0.228 e. The Hall–Kier alpha value is -8.97. The molecule has 0 atom stereocenters. The van der Waals surface area contributed by atoms with Crippen molar-refractivity contribution in [3.05, 3.63) is 242 Å². The van der Waals surface area contributed by atoms with Crippen molar-refractivity contribution >= 4 is 43.1 Å². The van der Waals surface area contributed by atoms with E-state index in [-0.39, 0.29) is 0 Å². The van der Waals surface area contributed by atoms with E-state index in [0.717, 1.165) is 44.8 Å². The molecule has 0 saturated carbocycles. The average Bonchev–Trinajstić information content (AvgIpc) is 3.40. The van der Waals surface area contributed by atoms with Gasteiger partial charge in [0.05, 0.1) is 23.0 Å². The number of nitriles is 1. The Labute approximate surface area is 383 Å². The van der Waals surface area contributed by atoms with Crippen LogP contribution in [0.2, 0.25) is 0 Å². The Morgan fingerprint density at radius 1 is 0.303 bits per heavy atom. The highest BCUT2D eigenvalue weighted by Gasteiger charge is 2.21. The van der Waals surface area contributed by atoms with Crippen LogP contribution in [0.3, 0.4) is 0 Å². The zero-order valence-corrected chi connectivity index (χ0v) is 35.9. The zero-order chi connectivity index (χ0) is 44.0. The normalized spacial score (nSPS) is 11.3. The first-order valence-electron chi connectivity index (χ1n) is 22.3. The Kier molecular flexibility index (Phi) is 9.55. The SMILES string of the molecule is N#Cc1ccc(-c2ccc(-c3cc(-c4ccc(-c5ccc(-c6c7ccccc7c(-c7ccccc7)c7c6ccc6ccccc67)c6ccccc56)cc4)nc(-c4ccccc4)n3)cc2)cc1. The van der Waals surface area contributed by atoms with Crippen LogP contribution in [-0.2, 0) is 0 Å². The fourth-order valence-corrected chi connectivity index (χ4v) is 9.76. The summed E-state index contributed by atoms with van der Waals surface area (Å²) in [4.78, 5) is 10.2. The first-order chi connectivity index (χ1) is 32.7. The first kappa shape index (κ1) is 38.7. The van der Waals surface area contributed by atoms with Crippen LogP contribution in [0.15, 0.2) is 237 Å². The molecule has 0 aliphatic rings. The fraction of sp³-hybridized carbons (Fsp3) is 0. The van der Waals surface area contributed by atoms with Gasteiger partial charge in [0.2, 0.25) is 0 Å². The molecule has 0 spiro atoms. The van der Waals surface area contributed by atoms with E-state index in [1.54, 1.807) is 0 Å². The van der Waals surface area contributed by atoms with Gasteiger partial charge in [-0.25, -0.2) is 9.97 Å². The van der Waals surface area contributed by atoms with E-state index in [4.69, 9.17) is 9.97 Å². The number of aromatic nitrogens is 2. The second-order valence-corrected chi connectivity index (χ2v) is 16.7. The van der Waals surface area contributed by atoms with Gasteiger partial charge in [-0.3, -0.25) is 0 Å². The van der Waals surface area contributed by atoms with Gasteiger partial charge < -0.3 is 0 Å². The predicted octanol–water partition coefficient (Wildman–Crippen LogP) is 16.6. The minimum atomic E-state index is 0.648. The van der Waals surface area contributed by atoms with Crippen molar-refractivity contribution in [2.75, 3.05) is 0 Å². The molecule has 0 aliphatic heterocycles. The molecule has 0 unspecified atom stereocenters. The lowest BCUT2D eigenvalue weighted by molar-refractivity contribution is 1.18. The van der Waals surface area contributed by atoms with Crippen molar-refractivity contribution in [3.8, 4) is 84.5 Å². The van der Waals surface area contributed by atoms with E-state index in [9.17, 15) is 5.26 Å². The van der Waals surface area contributed by atoms with Gasteiger partial charge in [0, 0.05) is 16.7 Å². The van der Waals surface area contributed by atoms with Crippen LogP contribution in [0.1, 0.15) is 5.56 Å². The van der Waals surface area contributed by atoms with E-state index in [2.05, 4.69) is 200 Å². The summed E-state index contributed by atoms with van der Waals surface area (Å²) in [6.45, 7) is 0. The molecular formula is C63H39N3. The molecular weight excluding hydrogens is 799 g/mol. The van der Waals surface area contributed by atoms with Gasteiger partial charge in [0.1, 0.15) is 0 Å². The van der Waals surface area contributed by atoms with E-state index in [0.29, 0.717) is 11.4 Å². The lowest BCUT2D eigenvalue weighted by Crippen LogP contribution is -1.96. The van der Waals surface area contributed by atoms with Gasteiger partial charge >= 0.3 is 0 Å². The van der Waals surface area contributed by atoms with Crippen molar-refractivity contribution < 1.29 is 0 Å². The summed E-state index contributed by atoms with van der Waals surface area (Å²) < 4.78 is 0. The Morgan fingerprint density at radius 2 is 0.773 bits per heavy atom. The number of benzene rings is 11. The fourth-order valence-electron chi connectivity index (χ4n) is 9.76. The molecule has 3 heteroatoms. The maximum atomic E-state index is 9.27. The molecule has 0 bridgehead atoms. The second-order valence-electron chi connectivity index (χ2n) is 16.7. The number of fused-ring (bicyclic) bond motifs is 5. The van der Waals surface area contributed by atoms with Crippen molar-refractivity contribution in [2.45, 2.75) is 0 Å². The zero-order valence-electron chi connectivity index (χ0n) is 35.9. The standard InChI is InChI=1S/C63H39N3/c64-40-41-23-25-42(26-24-41)43-27-31-46(32-28-43)58-39-59(66-63(65-58)49-16-5-2-6-17-49)47-33-29-45(30-34-47)50-37-38-56(53-20-10-9-19-52(50)53)61-55-22-12-11-21-54(55)60(48-14-3-1-4-15-48)62-51-18-8-7-13-44(51)35-36-57(61)62/h1-39H. The molecule has 1 aromatic heterocycles. The third-order valence-electron chi connectivity index (χ3n) is 12.9. The molecule has 306 valence electrons. The Balaban J connectivity index is 0.969. The van der Waals surface area contributed by atoms with Crippen LogP contribution in [0, 0.1) is 11.3 Å². The Bertz CT molecular complexity index is 3830. The quantitative estimate of drug-likeness (QED) is 0.119. The van der Waals surface area contributed by atoms with Crippen molar-refractivity contribution in [1.29, 1.82) is 5.26 Å². The Morgan fingerprint density at radius 3 is 1.39 bits per heavy atom. The highest BCUT2D eigenvalue weighted by atomic mass is 14.9. The largest absolute Gasteiger partial charge is 0.228 e. The van der Waals surface area contributed by atoms with E-state index >= 15 is 0 Å². The molecule has 0 saturated heterocycles. The van der Waals surface area contributed by atoms with E-state index < -0.39 is 0 Å². The summed E-state index contributed by atoms with van der Waals surface area (Å²) in [6, 6.07) is 86.0. The molecule has 0 fully saturated rings. The minimum absolute atomic E-state index is 0.648. The van der Waals surface area contributed by atoms with Gasteiger partial charge in [-0.2, -0.15) is 5.26 Å². The highest BCUT2D eigenvalue weighted by Crippen LogP contribution is 2.48. The topological polar surface area (TPSA) is 49.6 Å². The molecule has 0 amide bonds. The third-order valence-corrected chi connectivity index (χ3v) is 12.9. The number of hydrogen-bond acceptors (Lipinski definition) is 3. The molecule has 66 heavy (non-hydrogen) atoms. The predicted molar refractivity (Wildman–Crippen MR) is 275 cm³/mol. The molecule has 0 N–H and O–H groups in total. The van der Waals surface area contributed by atoms with Crippen LogP contribution in [-0.4, -0.2) is 9.97 Å². The van der Waals surface area contributed by atoms with Crippen molar-refractivity contribution in [1.82, 2.24) is 9.97 Å². The molecule has 1 heterocycles. The molecule has 11 aromatic carbocycles. The number of rotatable bonds is 7. The molecule has 12 rings (SSSR count). The van der Waals surface area contributed by atoms with Crippen molar-refractivity contribution in [2.24, 2.45) is 0 Å². The maximum absolute atomic E-state index is 9.27. The summed E-state index contributed by atoms with van der Waals surface area (Å²) in [5, 5.41) is 19.2. The summed E-state index contributed by atoms with van der Waals surface area (Å²) in [5.74, 6) is 0.676. The van der Waals surface area contributed by atoms with Crippen LogP contribution in [0.5, 0.6) is 0 Å². The maximum Gasteiger partial charge on any atom is 0.160 e. The van der Waals surface area contributed by atoms with Crippen LogP contribution in [0.25, 0.3) is 122 Å². The second kappa shape index (κ2) is 16.3. The van der Waals surface area contributed by atoms with Gasteiger partial charge in [-0.1, -0.05) is 218 Å². The van der Waals surface area contributed by atoms with E-state index in [1.165, 1.54) is 70.9 Å². The van der Waals surface area contributed by atoms with Crippen LogP contribution >= 0.6 is 0 Å². The summed E-state index contributed by atoms with van der Waals surface area (Å²) in [7, 11) is 0. The lowest BCUT2D eigenvalue weighted by Gasteiger charge is -2.21. The summed E-state index contributed by atoms with van der Waals surface area (Å²) in [5.41, 5.74) is 14.7. The summed E-state index contributed by atoms with van der Waals surface area (Å²) >= 11 is 0. The van der Waals surface area contributed by atoms with Gasteiger partial charge in [-0.05, 0) is 106 Å². The molecule has 12 aromatic rings. The first-order valence-corrected chi connectivity index (χ1v) is 22.3. The highest BCUT2D eigenvalue weighted by molar-refractivity contribution is 6.29. The molecule has 0 aliphatic carbocycles. The molecule has 3 nitrogen and oxygen atoms in total. The van der Waals surface area contributed by atoms with Crippen molar-refractivity contribution in [3.63, 3.8) is 0 Å². The van der Waals surface area contributed by atoms with Gasteiger partial charge in [-0.15, -0.1) is 0 Å². The number of hydrogen-bond donors (Lipinski definition) is 0. The molecule has 0 radical (unpaired) electrons. The lowest BCUT2D eigenvalue weighted by atomic mass is 9.82. The van der Waals surface area contributed by atoms with Crippen LogP contribution in [0.4, 0.5) is 0 Å². The van der Waals surface area contributed by atoms with E-state index in [1.807, 2.05) is 42.5 Å².